The Bertz CT molecular complexity index is 646. The van der Waals surface area contributed by atoms with Crippen LogP contribution in [0.2, 0.25) is 0 Å². The molecule has 1 aromatic heterocycles. The van der Waals surface area contributed by atoms with Crippen LogP contribution in [0.15, 0.2) is 18.2 Å². The molecule has 0 aliphatic heterocycles. The minimum absolute atomic E-state index is 0.120. The quantitative estimate of drug-likeness (QED) is 0.865. The zero-order chi connectivity index (χ0) is 14.0. The lowest BCUT2D eigenvalue weighted by atomic mass is 10.2. The summed E-state index contributed by atoms with van der Waals surface area (Å²) >= 11 is 0. The van der Waals surface area contributed by atoms with Crippen molar-refractivity contribution in [1.29, 1.82) is 0 Å². The lowest BCUT2D eigenvalue weighted by Crippen LogP contribution is -2.27. The van der Waals surface area contributed by atoms with Gasteiger partial charge in [0.2, 0.25) is 5.91 Å². The van der Waals surface area contributed by atoms with E-state index >= 15 is 0 Å². The Morgan fingerprint density at radius 2 is 2.16 bits per heavy atom. The Labute approximate surface area is 110 Å². The van der Waals surface area contributed by atoms with Gasteiger partial charge >= 0.3 is 5.97 Å². The number of hydrogen-bond donors (Lipinski definition) is 2. The second kappa shape index (κ2) is 5.09. The van der Waals surface area contributed by atoms with Gasteiger partial charge < -0.3 is 15.0 Å². The molecule has 1 aromatic carbocycles. The molecule has 0 spiro atoms. The first kappa shape index (κ1) is 13.1. The molecule has 6 nitrogen and oxygen atoms in total. The first-order valence-corrected chi connectivity index (χ1v) is 6.00. The summed E-state index contributed by atoms with van der Waals surface area (Å²) in [6, 6.07) is 4.93. The average Bonchev–Trinajstić information content (AvgIpc) is 2.66. The fraction of sp³-hybridized carbons (Fsp3) is 0.308. The topological polar surface area (TPSA) is 84.2 Å². The standard InChI is InChI=1S/C13H15N3O3/c1-3-14-11(17)7-16-8(2)15-12-9(13(18)19)5-4-6-10(12)16/h4-6H,3,7H2,1-2H3,(H,14,17)(H,18,19). The predicted octanol–water partition coefficient (Wildman–Crippen LogP) is 1.18. The molecular weight excluding hydrogens is 246 g/mol. The molecule has 0 aliphatic carbocycles. The van der Waals surface area contributed by atoms with Crippen LogP contribution in [0.4, 0.5) is 0 Å². The van der Waals surface area contributed by atoms with Gasteiger partial charge in [-0.3, -0.25) is 4.79 Å². The summed E-state index contributed by atoms with van der Waals surface area (Å²) in [5.74, 6) is -0.520. The van der Waals surface area contributed by atoms with E-state index in [-0.39, 0.29) is 18.0 Å². The largest absolute Gasteiger partial charge is 0.478 e. The summed E-state index contributed by atoms with van der Waals surface area (Å²) in [5.41, 5.74) is 1.22. The first-order chi connectivity index (χ1) is 9.04. The van der Waals surface area contributed by atoms with E-state index in [4.69, 9.17) is 5.11 Å². The maximum Gasteiger partial charge on any atom is 0.337 e. The van der Waals surface area contributed by atoms with E-state index in [9.17, 15) is 9.59 Å². The highest BCUT2D eigenvalue weighted by Crippen LogP contribution is 2.20. The van der Waals surface area contributed by atoms with Crippen LogP contribution in [0.1, 0.15) is 23.1 Å². The van der Waals surface area contributed by atoms with Crippen molar-refractivity contribution in [1.82, 2.24) is 14.9 Å². The number of hydrogen-bond acceptors (Lipinski definition) is 3. The number of para-hydroxylation sites is 1. The van der Waals surface area contributed by atoms with Gasteiger partial charge in [-0.05, 0) is 26.0 Å². The van der Waals surface area contributed by atoms with E-state index in [1.807, 2.05) is 6.92 Å². The number of carboxylic acid groups (broad SMARTS) is 1. The number of fused-ring (bicyclic) bond motifs is 1. The first-order valence-electron chi connectivity index (χ1n) is 6.00. The van der Waals surface area contributed by atoms with Crippen molar-refractivity contribution in [3.63, 3.8) is 0 Å². The number of carbonyl (C=O) groups is 2. The number of aryl methyl sites for hydroxylation is 1. The highest BCUT2D eigenvalue weighted by molar-refractivity contribution is 6.01. The second-order valence-corrected chi connectivity index (χ2v) is 4.18. The van der Waals surface area contributed by atoms with Crippen LogP contribution in [0.3, 0.4) is 0 Å². The number of rotatable bonds is 4. The number of likely N-dealkylation sites (N-methyl/N-ethyl adjacent to an activating group) is 1. The Morgan fingerprint density at radius 1 is 1.42 bits per heavy atom. The third kappa shape index (κ3) is 2.42. The molecule has 0 atom stereocenters. The van der Waals surface area contributed by atoms with E-state index < -0.39 is 5.97 Å². The van der Waals surface area contributed by atoms with Gasteiger partial charge in [0.15, 0.2) is 0 Å². The van der Waals surface area contributed by atoms with E-state index in [1.165, 1.54) is 6.07 Å². The van der Waals surface area contributed by atoms with Gasteiger partial charge in [0.25, 0.3) is 0 Å². The van der Waals surface area contributed by atoms with E-state index in [0.29, 0.717) is 23.4 Å². The number of amides is 1. The van der Waals surface area contributed by atoms with Crippen molar-refractivity contribution in [3.05, 3.63) is 29.6 Å². The highest BCUT2D eigenvalue weighted by atomic mass is 16.4. The van der Waals surface area contributed by atoms with Crippen LogP contribution in [0, 0.1) is 6.92 Å². The van der Waals surface area contributed by atoms with Gasteiger partial charge in [-0.25, -0.2) is 9.78 Å². The summed E-state index contributed by atoms with van der Waals surface area (Å²) in [4.78, 5) is 27.0. The van der Waals surface area contributed by atoms with Crippen molar-refractivity contribution in [2.45, 2.75) is 20.4 Å². The number of nitrogens with zero attached hydrogens (tertiary/aromatic N) is 2. The van der Waals surface area contributed by atoms with Crippen LogP contribution in [0.25, 0.3) is 11.0 Å². The maximum absolute atomic E-state index is 11.6. The molecule has 0 radical (unpaired) electrons. The summed E-state index contributed by atoms with van der Waals surface area (Å²) in [6.45, 7) is 4.30. The van der Waals surface area contributed by atoms with Crippen LogP contribution in [0.5, 0.6) is 0 Å². The minimum atomic E-state index is -1.02. The fourth-order valence-corrected chi connectivity index (χ4v) is 2.03. The lowest BCUT2D eigenvalue weighted by Gasteiger charge is -2.06. The van der Waals surface area contributed by atoms with Crippen LogP contribution in [-0.4, -0.2) is 33.1 Å². The van der Waals surface area contributed by atoms with E-state index in [0.717, 1.165) is 0 Å². The van der Waals surface area contributed by atoms with Crippen LogP contribution < -0.4 is 5.32 Å². The lowest BCUT2D eigenvalue weighted by molar-refractivity contribution is -0.121. The zero-order valence-corrected chi connectivity index (χ0v) is 10.8. The monoisotopic (exact) mass is 261 g/mol. The molecule has 0 bridgehead atoms. The molecule has 0 saturated carbocycles. The number of benzene rings is 1. The third-order valence-corrected chi connectivity index (χ3v) is 2.88. The average molecular weight is 261 g/mol. The minimum Gasteiger partial charge on any atom is -0.478 e. The number of imidazole rings is 1. The Morgan fingerprint density at radius 3 is 2.79 bits per heavy atom. The molecule has 0 saturated heterocycles. The van der Waals surface area contributed by atoms with Crippen molar-refractivity contribution < 1.29 is 14.7 Å². The van der Waals surface area contributed by atoms with Crippen molar-refractivity contribution >= 4 is 22.9 Å². The third-order valence-electron chi connectivity index (χ3n) is 2.88. The van der Waals surface area contributed by atoms with Crippen molar-refractivity contribution in [2.75, 3.05) is 6.54 Å². The molecule has 0 unspecified atom stereocenters. The van der Waals surface area contributed by atoms with Crippen LogP contribution in [-0.2, 0) is 11.3 Å². The number of carboxylic acids is 1. The summed E-state index contributed by atoms with van der Waals surface area (Å²) < 4.78 is 1.72. The number of nitrogens with one attached hydrogen (secondary N) is 1. The van der Waals surface area contributed by atoms with Crippen molar-refractivity contribution in [2.24, 2.45) is 0 Å². The van der Waals surface area contributed by atoms with Gasteiger partial charge in [0.05, 0.1) is 11.1 Å². The molecule has 100 valence electrons. The number of aromatic carboxylic acids is 1. The van der Waals surface area contributed by atoms with Gasteiger partial charge in [-0.15, -0.1) is 0 Å². The second-order valence-electron chi connectivity index (χ2n) is 4.18. The molecule has 1 heterocycles. The van der Waals surface area contributed by atoms with Crippen LogP contribution >= 0.6 is 0 Å². The number of aromatic nitrogens is 2. The highest BCUT2D eigenvalue weighted by Gasteiger charge is 2.16. The van der Waals surface area contributed by atoms with E-state index in [2.05, 4.69) is 10.3 Å². The van der Waals surface area contributed by atoms with Gasteiger partial charge in [-0.1, -0.05) is 6.07 Å². The SMILES string of the molecule is CCNC(=O)Cn1c(C)nc2c(C(=O)O)cccc21. The normalized spacial score (nSPS) is 10.6. The Hall–Kier alpha value is -2.37. The van der Waals surface area contributed by atoms with Gasteiger partial charge in [0.1, 0.15) is 17.9 Å². The molecule has 19 heavy (non-hydrogen) atoms. The summed E-state index contributed by atoms with van der Waals surface area (Å²) in [6.07, 6.45) is 0. The zero-order valence-electron chi connectivity index (χ0n) is 10.8. The van der Waals surface area contributed by atoms with Gasteiger partial charge in [0, 0.05) is 6.54 Å². The Balaban J connectivity index is 2.51. The smallest absolute Gasteiger partial charge is 0.337 e. The molecule has 6 heteroatoms. The molecule has 2 rings (SSSR count). The molecule has 2 aromatic rings. The molecular formula is C13H15N3O3. The fourth-order valence-electron chi connectivity index (χ4n) is 2.03. The summed E-state index contributed by atoms with van der Waals surface area (Å²) in [5, 5.41) is 11.8. The van der Waals surface area contributed by atoms with Crippen molar-refractivity contribution in [3.8, 4) is 0 Å². The van der Waals surface area contributed by atoms with Gasteiger partial charge in [-0.2, -0.15) is 0 Å². The molecule has 2 N–H and O–H groups in total. The molecule has 1 amide bonds. The predicted molar refractivity (Wildman–Crippen MR) is 70.1 cm³/mol. The maximum atomic E-state index is 11.6. The Kier molecular flexibility index (Phi) is 3.50. The number of carbonyl (C=O) groups excluding carboxylic acids is 1. The summed E-state index contributed by atoms with van der Waals surface area (Å²) in [7, 11) is 0. The molecule has 0 aliphatic rings. The van der Waals surface area contributed by atoms with E-state index in [1.54, 1.807) is 23.6 Å². The molecule has 0 fully saturated rings.